The maximum atomic E-state index is 12.2. The van der Waals surface area contributed by atoms with E-state index in [1.54, 1.807) is 10.6 Å². The minimum absolute atomic E-state index is 0.101. The molecule has 0 radical (unpaired) electrons. The Balaban J connectivity index is 3.02. The van der Waals surface area contributed by atoms with Crippen LogP contribution in [0.1, 0.15) is 76.4 Å². The third-order valence-corrected chi connectivity index (χ3v) is 3.50. The molecule has 2 aromatic heterocycles. The summed E-state index contributed by atoms with van der Waals surface area (Å²) >= 11 is 0. The van der Waals surface area contributed by atoms with E-state index in [1.807, 2.05) is 0 Å². The maximum Gasteiger partial charge on any atom is 0.274 e. The molecule has 0 unspecified atom stereocenters. The summed E-state index contributed by atoms with van der Waals surface area (Å²) in [6, 6.07) is 0. The summed E-state index contributed by atoms with van der Waals surface area (Å²) in [7, 11) is 0. The highest BCUT2D eigenvalue weighted by molar-refractivity contribution is 5.57. The number of aromatic nitrogens is 3. The van der Waals surface area contributed by atoms with Gasteiger partial charge in [0.05, 0.1) is 23.6 Å². The van der Waals surface area contributed by atoms with Crippen molar-refractivity contribution in [2.45, 2.75) is 59.3 Å². The number of hydrogen-bond acceptors (Lipinski definition) is 3. The van der Waals surface area contributed by atoms with Crippen molar-refractivity contribution in [3.05, 3.63) is 39.8 Å². The Kier molecular flexibility index (Phi) is 3.93. The predicted octanol–water partition coefficient (Wildman–Crippen LogP) is 3.46. The molecule has 4 nitrogen and oxygen atoms in total. The van der Waals surface area contributed by atoms with Crippen molar-refractivity contribution in [3.8, 4) is 0 Å². The monoisotopic (exact) mass is 273 g/mol. The Morgan fingerprint density at radius 3 is 2.10 bits per heavy atom. The topological polar surface area (TPSA) is 47.3 Å². The van der Waals surface area contributed by atoms with Crippen LogP contribution < -0.4 is 5.56 Å². The Bertz CT molecular complexity index is 684. The Morgan fingerprint density at radius 2 is 1.60 bits per heavy atom. The lowest BCUT2D eigenvalue weighted by Crippen LogP contribution is -2.23. The number of nitrogens with zero attached hydrogens (tertiary/aromatic N) is 3. The molecule has 0 aliphatic heterocycles. The van der Waals surface area contributed by atoms with E-state index in [4.69, 9.17) is 4.98 Å². The summed E-state index contributed by atoms with van der Waals surface area (Å²) in [5.74, 6) is 1.64. The highest BCUT2D eigenvalue weighted by atomic mass is 16.1. The summed E-state index contributed by atoms with van der Waals surface area (Å²) in [5.41, 5.74) is 3.01. The summed E-state index contributed by atoms with van der Waals surface area (Å²) in [6.45, 7) is 12.7. The molecule has 2 aromatic rings. The second-order valence-corrected chi connectivity index (χ2v) is 6.20. The zero-order valence-corrected chi connectivity index (χ0v) is 13.1. The third kappa shape index (κ3) is 2.35. The van der Waals surface area contributed by atoms with Crippen LogP contribution in [-0.2, 0) is 0 Å². The lowest BCUT2D eigenvalue weighted by molar-refractivity contribution is 0.680. The van der Waals surface area contributed by atoms with E-state index >= 15 is 0 Å². The quantitative estimate of drug-likeness (QED) is 0.860. The highest BCUT2D eigenvalue weighted by Gasteiger charge is 2.20. The van der Waals surface area contributed by atoms with Gasteiger partial charge in [0.25, 0.3) is 5.56 Å². The van der Waals surface area contributed by atoms with Gasteiger partial charge in [-0.25, -0.2) is 4.98 Å². The van der Waals surface area contributed by atoms with Crippen LogP contribution in [0.5, 0.6) is 0 Å². The molecule has 0 saturated heterocycles. The minimum Gasteiger partial charge on any atom is -0.267 e. The Hall–Kier alpha value is -1.71. The standard InChI is InChI=1S/C16H23N3O/c1-9(2)14-12-7-17-8-13(20)19(12)16(11(5)6)18-15(14)10(3)4/h7-11H,1-6H3. The molecule has 0 fully saturated rings. The second kappa shape index (κ2) is 5.35. The molecule has 108 valence electrons. The van der Waals surface area contributed by atoms with E-state index in [0.717, 1.165) is 22.6 Å². The Morgan fingerprint density at radius 1 is 0.950 bits per heavy atom. The fourth-order valence-electron chi connectivity index (χ4n) is 2.62. The van der Waals surface area contributed by atoms with Gasteiger partial charge in [-0.3, -0.25) is 14.2 Å². The third-order valence-electron chi connectivity index (χ3n) is 3.50. The largest absolute Gasteiger partial charge is 0.274 e. The van der Waals surface area contributed by atoms with Gasteiger partial charge in [-0.15, -0.1) is 0 Å². The van der Waals surface area contributed by atoms with Crippen LogP contribution in [0.4, 0.5) is 0 Å². The molecular weight excluding hydrogens is 250 g/mol. The van der Waals surface area contributed by atoms with Gasteiger partial charge in [0.15, 0.2) is 0 Å². The zero-order valence-electron chi connectivity index (χ0n) is 13.1. The molecule has 0 aliphatic carbocycles. The minimum atomic E-state index is -0.101. The first kappa shape index (κ1) is 14.7. The van der Waals surface area contributed by atoms with Crippen molar-refractivity contribution in [2.24, 2.45) is 0 Å². The molecule has 2 rings (SSSR count). The van der Waals surface area contributed by atoms with Crippen LogP contribution in [0.2, 0.25) is 0 Å². The smallest absolute Gasteiger partial charge is 0.267 e. The maximum absolute atomic E-state index is 12.2. The van der Waals surface area contributed by atoms with Crippen molar-refractivity contribution in [2.75, 3.05) is 0 Å². The first-order valence-electron chi connectivity index (χ1n) is 7.25. The van der Waals surface area contributed by atoms with E-state index in [1.165, 1.54) is 6.20 Å². The average Bonchev–Trinajstić information content (AvgIpc) is 2.36. The van der Waals surface area contributed by atoms with Gasteiger partial charge in [0.1, 0.15) is 5.82 Å². The van der Waals surface area contributed by atoms with E-state index in [0.29, 0.717) is 11.8 Å². The second-order valence-electron chi connectivity index (χ2n) is 6.20. The molecule has 0 atom stereocenters. The normalized spacial score (nSPS) is 12.1. The SMILES string of the molecule is CC(C)c1nc(C(C)C)n2c(=O)cncc2c1C(C)C. The van der Waals surface area contributed by atoms with Crippen molar-refractivity contribution in [3.63, 3.8) is 0 Å². The van der Waals surface area contributed by atoms with Crippen molar-refractivity contribution in [1.29, 1.82) is 0 Å². The molecule has 0 aromatic carbocycles. The molecule has 4 heteroatoms. The van der Waals surface area contributed by atoms with Gasteiger partial charge in [-0.05, 0) is 11.8 Å². The van der Waals surface area contributed by atoms with Crippen LogP contribution >= 0.6 is 0 Å². The first-order valence-corrected chi connectivity index (χ1v) is 7.25. The average molecular weight is 273 g/mol. The molecule has 0 spiro atoms. The number of hydrogen-bond donors (Lipinski definition) is 0. The fourth-order valence-corrected chi connectivity index (χ4v) is 2.62. The fraction of sp³-hybridized carbons (Fsp3) is 0.562. The van der Waals surface area contributed by atoms with E-state index in [2.05, 4.69) is 46.5 Å². The molecule has 0 N–H and O–H groups in total. The van der Waals surface area contributed by atoms with Crippen LogP contribution in [0.25, 0.3) is 5.52 Å². The van der Waals surface area contributed by atoms with Crippen molar-refractivity contribution < 1.29 is 0 Å². The summed E-state index contributed by atoms with van der Waals surface area (Å²) in [5, 5.41) is 0. The molecule has 0 aliphatic rings. The lowest BCUT2D eigenvalue weighted by atomic mass is 9.94. The van der Waals surface area contributed by atoms with Gasteiger partial charge in [0.2, 0.25) is 0 Å². The summed E-state index contributed by atoms with van der Waals surface area (Å²) < 4.78 is 1.72. The van der Waals surface area contributed by atoms with E-state index < -0.39 is 0 Å². The lowest BCUT2D eigenvalue weighted by Gasteiger charge is -2.21. The number of rotatable bonds is 3. The van der Waals surface area contributed by atoms with Gasteiger partial charge < -0.3 is 0 Å². The first-order chi connectivity index (χ1) is 9.34. The van der Waals surface area contributed by atoms with Crippen LogP contribution in [0.3, 0.4) is 0 Å². The van der Waals surface area contributed by atoms with Gasteiger partial charge in [-0.1, -0.05) is 41.5 Å². The molecular formula is C16H23N3O. The highest BCUT2D eigenvalue weighted by Crippen LogP contribution is 2.29. The zero-order chi connectivity index (χ0) is 15.0. The summed E-state index contributed by atoms with van der Waals surface area (Å²) in [4.78, 5) is 21.1. The molecule has 2 heterocycles. The van der Waals surface area contributed by atoms with Gasteiger partial charge in [-0.2, -0.15) is 0 Å². The number of fused-ring (bicyclic) bond motifs is 1. The van der Waals surface area contributed by atoms with Crippen molar-refractivity contribution in [1.82, 2.24) is 14.4 Å². The van der Waals surface area contributed by atoms with E-state index in [9.17, 15) is 4.79 Å². The van der Waals surface area contributed by atoms with Gasteiger partial charge in [0, 0.05) is 11.5 Å². The van der Waals surface area contributed by atoms with Crippen LogP contribution in [-0.4, -0.2) is 14.4 Å². The van der Waals surface area contributed by atoms with E-state index in [-0.39, 0.29) is 11.5 Å². The predicted molar refractivity (Wildman–Crippen MR) is 81.5 cm³/mol. The molecule has 0 bridgehead atoms. The van der Waals surface area contributed by atoms with Gasteiger partial charge >= 0.3 is 0 Å². The Labute approximate surface area is 119 Å². The van der Waals surface area contributed by atoms with Crippen LogP contribution in [0, 0.1) is 0 Å². The van der Waals surface area contributed by atoms with Crippen molar-refractivity contribution >= 4 is 5.52 Å². The molecule has 20 heavy (non-hydrogen) atoms. The van der Waals surface area contributed by atoms with Crippen LogP contribution in [0.15, 0.2) is 17.2 Å². The molecule has 0 saturated carbocycles. The molecule has 0 amide bonds. The summed E-state index contributed by atoms with van der Waals surface area (Å²) in [6.07, 6.45) is 3.15.